The van der Waals surface area contributed by atoms with Crippen LogP contribution in [-0.4, -0.2) is 36.5 Å². The Morgan fingerprint density at radius 3 is 2.57 bits per heavy atom. The first-order chi connectivity index (χ1) is 21.3. The molecule has 2 bridgehead atoms. The number of nitrogens with zero attached hydrogens (tertiary/aromatic N) is 5. The van der Waals surface area contributed by atoms with Crippen LogP contribution in [0.15, 0.2) is 84.2 Å². The van der Waals surface area contributed by atoms with Gasteiger partial charge in [-0.15, -0.1) is 0 Å². The summed E-state index contributed by atoms with van der Waals surface area (Å²) in [5.41, 5.74) is 7.05. The van der Waals surface area contributed by atoms with Gasteiger partial charge in [0.1, 0.15) is 0 Å². The largest absolute Gasteiger partial charge is 0.330 e. The Bertz CT molecular complexity index is 1890. The summed E-state index contributed by atoms with van der Waals surface area (Å²) in [6.45, 7) is 1.92. The summed E-state index contributed by atoms with van der Waals surface area (Å²) in [5.74, 6) is -0.264. The molecule has 0 radical (unpaired) electrons. The van der Waals surface area contributed by atoms with E-state index in [0.717, 1.165) is 45.7 Å². The van der Waals surface area contributed by atoms with Crippen molar-refractivity contribution < 1.29 is 4.79 Å². The number of benzene rings is 2. The van der Waals surface area contributed by atoms with Crippen molar-refractivity contribution in [1.29, 1.82) is 0 Å². The molecule has 1 aliphatic heterocycles. The molecule has 0 fully saturated rings. The highest BCUT2D eigenvalue weighted by atomic mass is 35.5. The Labute approximate surface area is 264 Å². The van der Waals surface area contributed by atoms with Gasteiger partial charge in [-0.3, -0.25) is 23.8 Å². The average molecular weight is 626 g/mol. The topological polar surface area (TPSA) is 107 Å². The van der Waals surface area contributed by atoms with Crippen molar-refractivity contribution in [2.24, 2.45) is 13.0 Å². The van der Waals surface area contributed by atoms with Crippen molar-refractivity contribution in [3.63, 3.8) is 0 Å². The maximum atomic E-state index is 13.8. The minimum Gasteiger partial charge on any atom is -0.330 e. The first-order valence-corrected chi connectivity index (χ1v) is 16.0. The zero-order valence-corrected chi connectivity index (χ0v) is 26.2. The van der Waals surface area contributed by atoms with Crippen molar-refractivity contribution in [2.75, 3.05) is 16.3 Å². The maximum Gasteiger partial charge on any atom is 0.254 e. The summed E-state index contributed by atoms with van der Waals surface area (Å²) in [7, 11) is 1.84. The van der Waals surface area contributed by atoms with E-state index in [2.05, 4.69) is 15.1 Å². The molecule has 1 amide bonds. The highest BCUT2D eigenvalue weighted by Gasteiger charge is 2.24. The van der Waals surface area contributed by atoms with Gasteiger partial charge in [-0.25, -0.2) is 4.98 Å². The number of rotatable bonds is 5. The Balaban J connectivity index is 1.41. The van der Waals surface area contributed by atoms with E-state index >= 15 is 0 Å². The summed E-state index contributed by atoms with van der Waals surface area (Å²) < 4.78 is 6.61. The SMILES string of the molecule is CSNc1ccc(-c2ccc(Cl)cc2-c2cc(=O)n(C3CCCC(C)C(=O)Nc4cnn(C)c4-c4ccnc3c4)cn2)cc1. The molecule has 2 atom stereocenters. The molecule has 9 nitrogen and oxygen atoms in total. The summed E-state index contributed by atoms with van der Waals surface area (Å²) in [6.07, 6.45) is 8.97. The van der Waals surface area contributed by atoms with Crippen LogP contribution in [0.4, 0.5) is 11.4 Å². The van der Waals surface area contributed by atoms with Gasteiger partial charge in [0.25, 0.3) is 5.56 Å². The molecule has 5 aromatic rings. The lowest BCUT2D eigenvalue weighted by Gasteiger charge is -2.22. The molecule has 0 spiro atoms. The predicted octanol–water partition coefficient (Wildman–Crippen LogP) is 7.06. The molecule has 2 aromatic carbocycles. The van der Waals surface area contributed by atoms with E-state index in [0.29, 0.717) is 29.2 Å². The molecular formula is C33H32ClN7O2S. The van der Waals surface area contributed by atoms with Crippen LogP contribution in [0.1, 0.15) is 37.9 Å². The third-order valence-electron chi connectivity index (χ3n) is 8.00. The minimum absolute atomic E-state index is 0.0543. The van der Waals surface area contributed by atoms with Gasteiger partial charge in [-0.1, -0.05) is 55.1 Å². The normalized spacial score (nSPS) is 16.8. The first-order valence-electron chi connectivity index (χ1n) is 14.4. The van der Waals surface area contributed by atoms with Gasteiger partial charge in [0.2, 0.25) is 5.91 Å². The fraction of sp³-hybridized carbons (Fsp3) is 0.242. The van der Waals surface area contributed by atoms with Gasteiger partial charge in [0, 0.05) is 53.3 Å². The van der Waals surface area contributed by atoms with Gasteiger partial charge < -0.3 is 10.0 Å². The van der Waals surface area contributed by atoms with Crippen LogP contribution in [-0.2, 0) is 11.8 Å². The number of fused-ring (bicyclic) bond motifs is 4. The van der Waals surface area contributed by atoms with Gasteiger partial charge in [0.15, 0.2) is 0 Å². The van der Waals surface area contributed by atoms with Gasteiger partial charge in [-0.05, 0) is 60.4 Å². The van der Waals surface area contributed by atoms with Crippen molar-refractivity contribution in [3.05, 3.63) is 100 Å². The number of amides is 1. The third-order valence-corrected chi connectivity index (χ3v) is 8.67. The quantitative estimate of drug-likeness (QED) is 0.201. The summed E-state index contributed by atoms with van der Waals surface area (Å²) in [6, 6.07) is 18.8. The molecule has 2 N–H and O–H groups in total. The Morgan fingerprint density at radius 2 is 1.80 bits per heavy atom. The molecule has 224 valence electrons. The number of aryl methyl sites for hydroxylation is 1. The van der Waals surface area contributed by atoms with E-state index < -0.39 is 0 Å². The molecule has 0 saturated carbocycles. The van der Waals surface area contributed by atoms with E-state index in [1.807, 2.05) is 74.8 Å². The van der Waals surface area contributed by atoms with E-state index in [-0.39, 0.29) is 23.4 Å². The molecule has 11 heteroatoms. The lowest BCUT2D eigenvalue weighted by Crippen LogP contribution is -2.27. The molecule has 2 unspecified atom stereocenters. The third kappa shape index (κ3) is 6.00. The van der Waals surface area contributed by atoms with E-state index in [1.165, 1.54) is 11.9 Å². The number of carbonyl (C=O) groups is 1. The van der Waals surface area contributed by atoms with E-state index in [9.17, 15) is 9.59 Å². The highest BCUT2D eigenvalue weighted by molar-refractivity contribution is 7.99. The van der Waals surface area contributed by atoms with Crippen LogP contribution in [0.2, 0.25) is 5.02 Å². The molecule has 3 aromatic heterocycles. The lowest BCUT2D eigenvalue weighted by molar-refractivity contribution is -0.119. The summed E-state index contributed by atoms with van der Waals surface area (Å²) in [4.78, 5) is 36.3. The van der Waals surface area contributed by atoms with Crippen molar-refractivity contribution in [2.45, 2.75) is 32.2 Å². The molecule has 44 heavy (non-hydrogen) atoms. The summed E-state index contributed by atoms with van der Waals surface area (Å²) >= 11 is 7.96. The second kappa shape index (κ2) is 12.7. The van der Waals surface area contributed by atoms with Crippen molar-refractivity contribution in [1.82, 2.24) is 24.3 Å². The highest BCUT2D eigenvalue weighted by Crippen LogP contribution is 2.35. The molecular weight excluding hydrogens is 594 g/mol. The predicted molar refractivity (Wildman–Crippen MR) is 178 cm³/mol. The minimum atomic E-state index is -0.370. The second-order valence-electron chi connectivity index (χ2n) is 10.9. The molecule has 4 heterocycles. The van der Waals surface area contributed by atoms with Crippen LogP contribution < -0.4 is 15.6 Å². The fourth-order valence-corrected chi connectivity index (χ4v) is 6.23. The smallest absolute Gasteiger partial charge is 0.254 e. The van der Waals surface area contributed by atoms with Crippen LogP contribution in [0.3, 0.4) is 0 Å². The Kier molecular flexibility index (Phi) is 8.54. The van der Waals surface area contributed by atoms with Crippen LogP contribution in [0.25, 0.3) is 33.6 Å². The number of nitrogens with one attached hydrogen (secondary N) is 2. The molecule has 1 aliphatic rings. The first kappa shape index (κ1) is 29.7. The van der Waals surface area contributed by atoms with Crippen LogP contribution in [0, 0.1) is 5.92 Å². The Hall–Kier alpha value is -4.41. The number of aromatic nitrogens is 5. The maximum absolute atomic E-state index is 13.8. The number of hydrogen-bond acceptors (Lipinski definition) is 7. The fourth-order valence-electron chi connectivity index (χ4n) is 5.69. The molecule has 6 rings (SSSR count). The number of hydrogen-bond donors (Lipinski definition) is 2. The van der Waals surface area contributed by atoms with Crippen LogP contribution >= 0.6 is 23.5 Å². The van der Waals surface area contributed by atoms with Crippen LogP contribution in [0.5, 0.6) is 0 Å². The Morgan fingerprint density at radius 1 is 0.977 bits per heavy atom. The van der Waals surface area contributed by atoms with Gasteiger partial charge in [0.05, 0.1) is 41.3 Å². The molecule has 0 saturated heterocycles. The number of anilines is 2. The van der Waals surface area contributed by atoms with Gasteiger partial charge >= 0.3 is 0 Å². The van der Waals surface area contributed by atoms with E-state index in [1.54, 1.807) is 34.0 Å². The lowest BCUT2D eigenvalue weighted by atomic mass is 9.96. The zero-order valence-electron chi connectivity index (χ0n) is 24.6. The zero-order chi connectivity index (χ0) is 30.8. The van der Waals surface area contributed by atoms with Crippen molar-refractivity contribution in [3.8, 4) is 33.6 Å². The van der Waals surface area contributed by atoms with Crippen molar-refractivity contribution >= 4 is 40.8 Å². The number of halogens is 1. The average Bonchev–Trinajstić information content (AvgIpc) is 3.39. The summed E-state index contributed by atoms with van der Waals surface area (Å²) in [5, 5.41) is 7.98. The monoisotopic (exact) mass is 625 g/mol. The second-order valence-corrected chi connectivity index (χ2v) is 12.0. The van der Waals surface area contributed by atoms with Gasteiger partial charge in [-0.2, -0.15) is 5.10 Å². The number of pyridine rings is 1. The molecule has 0 aliphatic carbocycles. The van der Waals surface area contributed by atoms with E-state index in [4.69, 9.17) is 21.6 Å². The standard InChI is InChI=1S/C33H32ClN7O2S/c1-20-5-4-6-30(28-15-22(13-14-35-28)32-29(38-33(20)43)18-37-40(32)2)41-19-36-27(17-31(41)42)26-16-23(34)9-12-25(26)21-7-10-24(11-8-21)39-44-3/h7-20,30,39H,4-6H2,1-3H3,(H,38,43). The number of carbonyl (C=O) groups excluding carboxylic acids is 1.